The Bertz CT molecular complexity index is 1920. The molecule has 4 aliphatic rings. The fraction of sp³-hybridized carbons (Fsp3) is 0.640. The predicted octanol–water partition coefficient (Wildman–Crippen LogP) is 1.84. The number of piperidine rings is 2. The van der Waals surface area contributed by atoms with E-state index in [0.717, 1.165) is 71.7 Å². The molecule has 0 aliphatic carbocycles. The van der Waals surface area contributed by atoms with Gasteiger partial charge in [0.25, 0.3) is 0 Å². The summed E-state index contributed by atoms with van der Waals surface area (Å²) in [7, 11) is 4.58. The standard InChI is InChI=1S/C50H68N2O12.2BrH/c1-7-45(55)61-40-21-15-32(25-42(40)63-47(57)9-3)13-11-23-51(5)36-17-18-37(51)28-34(27-36)50(49(59)60,31-44(53)54)35-29-38-19-20-39(30-35)52(38,6)24-12-14-33-16-22-41(62-46(56)8-2)43(26-33)64-48(58)10-4;;/h15-16,21-22,25-26,34-39H,7-14,17-20,23-24,27-31H2,1-6H3;2*1H. The highest BCUT2D eigenvalue weighted by atomic mass is 79.9. The Labute approximate surface area is 410 Å². The molecule has 0 amide bonds. The Hall–Kier alpha value is -3.86. The number of carbonyl (C=O) groups is 6. The number of carboxylic acids is 2. The summed E-state index contributed by atoms with van der Waals surface area (Å²) in [4.78, 5) is 75.1. The van der Waals surface area contributed by atoms with Gasteiger partial charge < -0.3 is 72.1 Å². The topological polar surface area (TPSA) is 180 Å². The molecule has 0 radical (unpaired) electrons. The van der Waals surface area contributed by atoms with Gasteiger partial charge >= 0.3 is 35.8 Å². The summed E-state index contributed by atoms with van der Waals surface area (Å²) in [5, 5.41) is 21.8. The van der Waals surface area contributed by atoms with E-state index in [1.807, 2.05) is 12.1 Å². The second-order valence-electron chi connectivity index (χ2n) is 19.2. The van der Waals surface area contributed by atoms with E-state index in [9.17, 15) is 39.0 Å². The largest absolute Gasteiger partial charge is 1.00 e. The molecular weight excluding hydrogens is 980 g/mol. The molecule has 0 spiro atoms. The first-order chi connectivity index (χ1) is 30.5. The highest BCUT2D eigenvalue weighted by Crippen LogP contribution is 2.58. The van der Waals surface area contributed by atoms with Gasteiger partial charge in [0.1, 0.15) is 0 Å². The van der Waals surface area contributed by atoms with Crippen LogP contribution in [0.3, 0.4) is 0 Å². The Morgan fingerprint density at radius 3 is 1.15 bits per heavy atom. The van der Waals surface area contributed by atoms with Crippen LogP contribution in [0.2, 0.25) is 0 Å². The molecule has 4 unspecified atom stereocenters. The number of ether oxygens (including phenoxy) is 4. The molecule has 366 valence electrons. The average Bonchev–Trinajstić information content (AvgIpc) is 3.48. The van der Waals surface area contributed by atoms with Crippen LogP contribution in [0.25, 0.3) is 0 Å². The Morgan fingerprint density at radius 1 is 0.545 bits per heavy atom. The third-order valence-electron chi connectivity index (χ3n) is 15.8. The Balaban J connectivity index is 0.00000476. The predicted molar refractivity (Wildman–Crippen MR) is 237 cm³/mol. The van der Waals surface area contributed by atoms with Crippen LogP contribution in [0.5, 0.6) is 23.0 Å². The number of rotatable bonds is 21. The van der Waals surface area contributed by atoms with Crippen LogP contribution < -0.4 is 52.9 Å². The second-order valence-corrected chi connectivity index (χ2v) is 19.2. The van der Waals surface area contributed by atoms with Gasteiger partial charge in [-0.3, -0.25) is 28.8 Å². The molecule has 4 saturated heterocycles. The number of carbonyl (C=O) groups excluding carboxylic acids is 4. The molecule has 16 heteroatoms. The number of nitrogens with zero attached hydrogens (tertiary/aromatic N) is 2. The van der Waals surface area contributed by atoms with Crippen molar-refractivity contribution in [2.45, 2.75) is 161 Å². The van der Waals surface area contributed by atoms with E-state index in [-0.39, 0.29) is 125 Å². The molecule has 2 aromatic carbocycles. The number of halogens is 2. The van der Waals surface area contributed by atoms with E-state index < -0.39 is 41.2 Å². The fourth-order valence-corrected chi connectivity index (χ4v) is 12.1. The van der Waals surface area contributed by atoms with Gasteiger partial charge in [0.2, 0.25) is 0 Å². The minimum absolute atomic E-state index is 0. The third kappa shape index (κ3) is 11.9. The molecule has 2 N–H and O–H groups in total. The summed E-state index contributed by atoms with van der Waals surface area (Å²) in [5.74, 6) is -3.25. The first-order valence-electron chi connectivity index (χ1n) is 23.7. The van der Waals surface area contributed by atoms with E-state index in [0.29, 0.717) is 38.5 Å². The van der Waals surface area contributed by atoms with Gasteiger partial charge in [0.15, 0.2) is 23.0 Å². The van der Waals surface area contributed by atoms with Gasteiger partial charge in [-0.2, -0.15) is 0 Å². The van der Waals surface area contributed by atoms with Gasteiger partial charge in [-0.25, -0.2) is 0 Å². The lowest BCUT2D eigenvalue weighted by molar-refractivity contribution is -0.951. The molecule has 66 heavy (non-hydrogen) atoms. The molecule has 4 aliphatic heterocycles. The zero-order valence-corrected chi connectivity index (χ0v) is 42.7. The van der Waals surface area contributed by atoms with Gasteiger partial charge in [0.05, 0.1) is 63.2 Å². The highest BCUT2D eigenvalue weighted by Gasteiger charge is 2.64. The van der Waals surface area contributed by atoms with Crippen molar-refractivity contribution in [3.8, 4) is 23.0 Å². The number of quaternary nitrogens is 2. The van der Waals surface area contributed by atoms with E-state index in [1.165, 1.54) is 0 Å². The molecule has 4 heterocycles. The first-order valence-corrected chi connectivity index (χ1v) is 23.7. The number of hydrogen-bond acceptors (Lipinski definition) is 10. The lowest BCUT2D eigenvalue weighted by Crippen LogP contribution is -3.00. The van der Waals surface area contributed by atoms with Crippen molar-refractivity contribution >= 4 is 35.8 Å². The second kappa shape index (κ2) is 23.4. The van der Waals surface area contributed by atoms with Crippen molar-refractivity contribution < 1.29 is 101 Å². The molecule has 0 aromatic heterocycles. The lowest BCUT2D eigenvalue weighted by atomic mass is 9.57. The summed E-state index contributed by atoms with van der Waals surface area (Å²) in [6.45, 7) is 8.57. The van der Waals surface area contributed by atoms with Crippen LogP contribution in [0.15, 0.2) is 36.4 Å². The molecule has 4 fully saturated rings. The maximum absolute atomic E-state index is 13.8. The Morgan fingerprint density at radius 2 is 0.864 bits per heavy atom. The molecule has 0 saturated carbocycles. The molecule has 4 bridgehead atoms. The first kappa shape index (κ1) is 54.7. The minimum Gasteiger partial charge on any atom is -1.00 e. The van der Waals surface area contributed by atoms with Crippen LogP contribution in [-0.2, 0) is 41.6 Å². The van der Waals surface area contributed by atoms with Crippen LogP contribution in [0.1, 0.15) is 135 Å². The van der Waals surface area contributed by atoms with Crippen molar-refractivity contribution in [1.82, 2.24) is 0 Å². The van der Waals surface area contributed by atoms with Crippen molar-refractivity contribution in [3.05, 3.63) is 47.5 Å². The Kier molecular flexibility index (Phi) is 19.4. The van der Waals surface area contributed by atoms with Gasteiger partial charge in [-0.1, -0.05) is 39.8 Å². The van der Waals surface area contributed by atoms with Crippen LogP contribution in [0, 0.1) is 17.3 Å². The van der Waals surface area contributed by atoms with Crippen LogP contribution in [0.4, 0.5) is 0 Å². The molecule has 4 atom stereocenters. The van der Waals surface area contributed by atoms with Crippen LogP contribution in [-0.4, -0.2) is 106 Å². The number of hydrogen-bond donors (Lipinski definition) is 2. The van der Waals surface area contributed by atoms with E-state index in [2.05, 4.69) is 14.1 Å². The van der Waals surface area contributed by atoms with E-state index in [4.69, 9.17) is 18.9 Å². The van der Waals surface area contributed by atoms with Crippen LogP contribution >= 0.6 is 0 Å². The molecule has 14 nitrogen and oxygen atoms in total. The number of aryl methyl sites for hydroxylation is 2. The normalized spacial score (nSPS) is 27.0. The van der Waals surface area contributed by atoms with Gasteiger partial charge in [0, 0.05) is 89.9 Å². The number of esters is 4. The fourth-order valence-electron chi connectivity index (χ4n) is 12.1. The van der Waals surface area contributed by atoms with Gasteiger partial charge in [-0.05, 0) is 60.1 Å². The number of benzene rings is 2. The number of fused-ring (bicyclic) bond motifs is 4. The summed E-state index contributed by atoms with van der Waals surface area (Å²) in [6.07, 6.45) is 10.2. The molecule has 2 aromatic rings. The highest BCUT2D eigenvalue weighted by molar-refractivity contribution is 5.82. The summed E-state index contributed by atoms with van der Waals surface area (Å²) < 4.78 is 23.6. The minimum atomic E-state index is -1.35. The van der Waals surface area contributed by atoms with Gasteiger partial charge in [-0.15, -0.1) is 0 Å². The summed E-state index contributed by atoms with van der Waals surface area (Å²) >= 11 is 0. The van der Waals surface area contributed by atoms with E-state index in [1.54, 1.807) is 52.0 Å². The average molecular weight is 1050 g/mol. The maximum atomic E-state index is 13.8. The lowest BCUT2D eigenvalue weighted by Gasteiger charge is -2.55. The zero-order chi connectivity index (χ0) is 46.4. The summed E-state index contributed by atoms with van der Waals surface area (Å²) in [5.41, 5.74) is 0.568. The number of carboxylic acid groups (broad SMARTS) is 2. The maximum Gasteiger partial charge on any atom is 0.311 e. The monoisotopic (exact) mass is 1050 g/mol. The quantitative estimate of drug-likeness (QED) is 0.106. The third-order valence-corrected chi connectivity index (χ3v) is 15.8. The number of aliphatic carboxylic acids is 2. The summed E-state index contributed by atoms with van der Waals surface area (Å²) in [6, 6.07) is 11.6. The molecule has 6 rings (SSSR count). The molecular formula is C50H70Br2N2O12. The van der Waals surface area contributed by atoms with Crippen molar-refractivity contribution in [3.63, 3.8) is 0 Å². The zero-order valence-electron chi connectivity index (χ0n) is 39.5. The smallest absolute Gasteiger partial charge is 0.311 e. The van der Waals surface area contributed by atoms with E-state index >= 15 is 0 Å². The SMILES string of the molecule is CCC(=O)Oc1ccc(CCC[N+]2(C)C3CCC2CC(C(CC(=O)O)(C(=O)O)C2CC4CCC(C2)[N+]4(C)CCCc2ccc(OC(=O)CC)c(OC(=O)CC)c2)C3)cc1OC(=O)CC.[Br-].[Br-]. The van der Waals surface area contributed by atoms with Crippen molar-refractivity contribution in [2.75, 3.05) is 27.2 Å². The van der Waals surface area contributed by atoms with Crippen molar-refractivity contribution in [1.29, 1.82) is 0 Å². The van der Waals surface area contributed by atoms with Crippen molar-refractivity contribution in [2.24, 2.45) is 17.3 Å².